The first kappa shape index (κ1) is 15.1. The van der Waals surface area contributed by atoms with Crippen molar-refractivity contribution in [2.24, 2.45) is 0 Å². The standard InChI is InChI=1S/C16H19N5O2/c1-3-21-9-7-12-4-5-13(10-14(12)21)19-16(22)17-8-6-15-18-11(2)20-23-15/h4-5,7,9-10H,3,6,8H2,1-2H3,(H2,17,19,22). The molecule has 7 nitrogen and oxygen atoms in total. The molecule has 0 atom stereocenters. The average molecular weight is 313 g/mol. The molecule has 0 spiro atoms. The molecule has 0 saturated carbocycles. The molecule has 2 N–H and O–H groups in total. The van der Waals surface area contributed by atoms with Gasteiger partial charge in [-0.2, -0.15) is 4.98 Å². The Morgan fingerprint density at radius 2 is 2.22 bits per heavy atom. The zero-order valence-corrected chi connectivity index (χ0v) is 13.2. The summed E-state index contributed by atoms with van der Waals surface area (Å²) in [5.41, 5.74) is 1.86. The first-order chi connectivity index (χ1) is 11.2. The van der Waals surface area contributed by atoms with Crippen molar-refractivity contribution in [3.05, 3.63) is 42.2 Å². The van der Waals surface area contributed by atoms with E-state index in [0.717, 1.165) is 23.1 Å². The normalized spacial score (nSPS) is 10.9. The van der Waals surface area contributed by atoms with Gasteiger partial charge in [0.05, 0.1) is 5.52 Å². The smallest absolute Gasteiger partial charge is 0.319 e. The summed E-state index contributed by atoms with van der Waals surface area (Å²) < 4.78 is 7.13. The lowest BCUT2D eigenvalue weighted by Crippen LogP contribution is -2.30. The summed E-state index contributed by atoms with van der Waals surface area (Å²) in [5, 5.41) is 10.5. The molecule has 120 valence electrons. The minimum atomic E-state index is -0.254. The summed E-state index contributed by atoms with van der Waals surface area (Å²) in [5.74, 6) is 1.11. The van der Waals surface area contributed by atoms with Gasteiger partial charge in [0.2, 0.25) is 5.89 Å². The number of nitrogens with zero attached hydrogens (tertiary/aromatic N) is 3. The van der Waals surface area contributed by atoms with Gasteiger partial charge in [-0.25, -0.2) is 4.79 Å². The van der Waals surface area contributed by atoms with Crippen LogP contribution in [0.1, 0.15) is 18.6 Å². The van der Waals surface area contributed by atoms with Crippen molar-refractivity contribution in [1.29, 1.82) is 0 Å². The zero-order valence-electron chi connectivity index (χ0n) is 13.2. The lowest BCUT2D eigenvalue weighted by atomic mass is 10.2. The predicted octanol–water partition coefficient (Wildman–Crippen LogP) is 2.72. The van der Waals surface area contributed by atoms with E-state index in [1.807, 2.05) is 24.4 Å². The number of fused-ring (bicyclic) bond motifs is 1. The van der Waals surface area contributed by atoms with Crippen LogP contribution in [0.15, 0.2) is 35.0 Å². The third-order valence-electron chi connectivity index (χ3n) is 3.57. The molecule has 0 bridgehead atoms. The molecular formula is C16H19N5O2. The van der Waals surface area contributed by atoms with Crippen LogP contribution in [-0.4, -0.2) is 27.3 Å². The zero-order chi connectivity index (χ0) is 16.2. The Hall–Kier alpha value is -2.83. The van der Waals surface area contributed by atoms with Gasteiger partial charge in [0.25, 0.3) is 0 Å². The van der Waals surface area contributed by atoms with Crippen LogP contribution < -0.4 is 10.6 Å². The Bertz CT molecular complexity index is 821. The van der Waals surface area contributed by atoms with Gasteiger partial charge in [-0.05, 0) is 37.4 Å². The number of anilines is 1. The van der Waals surface area contributed by atoms with E-state index in [0.29, 0.717) is 24.7 Å². The number of benzene rings is 1. The molecule has 0 saturated heterocycles. The Balaban J connectivity index is 1.56. The minimum Gasteiger partial charge on any atom is -0.348 e. The Kier molecular flexibility index (Phi) is 4.27. The Morgan fingerprint density at radius 3 is 2.96 bits per heavy atom. The van der Waals surface area contributed by atoms with Crippen molar-refractivity contribution in [2.45, 2.75) is 26.8 Å². The molecule has 0 aliphatic rings. The number of carbonyl (C=O) groups excluding carboxylic acids is 1. The van der Waals surface area contributed by atoms with Gasteiger partial charge < -0.3 is 19.7 Å². The van der Waals surface area contributed by atoms with Crippen molar-refractivity contribution in [3.63, 3.8) is 0 Å². The maximum absolute atomic E-state index is 11.9. The van der Waals surface area contributed by atoms with Crippen LogP contribution in [0.5, 0.6) is 0 Å². The van der Waals surface area contributed by atoms with E-state index < -0.39 is 0 Å². The fourth-order valence-corrected chi connectivity index (χ4v) is 2.44. The van der Waals surface area contributed by atoms with Crippen LogP contribution in [0.3, 0.4) is 0 Å². The monoisotopic (exact) mass is 313 g/mol. The number of nitrogens with one attached hydrogen (secondary N) is 2. The summed E-state index contributed by atoms with van der Waals surface area (Å²) in [6, 6.07) is 7.67. The van der Waals surface area contributed by atoms with Crippen LogP contribution in [-0.2, 0) is 13.0 Å². The molecule has 2 amide bonds. The van der Waals surface area contributed by atoms with E-state index in [1.165, 1.54) is 0 Å². The van der Waals surface area contributed by atoms with Crippen molar-refractivity contribution < 1.29 is 9.32 Å². The summed E-state index contributed by atoms with van der Waals surface area (Å²) in [6.45, 7) is 5.17. The van der Waals surface area contributed by atoms with Crippen LogP contribution >= 0.6 is 0 Å². The van der Waals surface area contributed by atoms with Crippen LogP contribution in [0.25, 0.3) is 10.9 Å². The molecule has 23 heavy (non-hydrogen) atoms. The molecule has 0 unspecified atom stereocenters. The number of carbonyl (C=O) groups is 1. The molecule has 7 heteroatoms. The fourth-order valence-electron chi connectivity index (χ4n) is 2.44. The predicted molar refractivity (Wildman–Crippen MR) is 87.4 cm³/mol. The number of amides is 2. The maximum Gasteiger partial charge on any atom is 0.319 e. The summed E-state index contributed by atoms with van der Waals surface area (Å²) in [7, 11) is 0. The van der Waals surface area contributed by atoms with Gasteiger partial charge in [0, 0.05) is 31.4 Å². The molecule has 2 heterocycles. The molecule has 2 aromatic heterocycles. The van der Waals surface area contributed by atoms with Gasteiger partial charge in [0.15, 0.2) is 5.82 Å². The average Bonchev–Trinajstić information content (AvgIpc) is 3.13. The quantitative estimate of drug-likeness (QED) is 0.758. The molecule has 0 aliphatic carbocycles. The largest absolute Gasteiger partial charge is 0.348 e. The summed E-state index contributed by atoms with van der Waals surface area (Å²) >= 11 is 0. The van der Waals surface area contributed by atoms with Gasteiger partial charge in [-0.3, -0.25) is 0 Å². The molecule has 0 aliphatic heterocycles. The SMILES string of the molecule is CCn1ccc2ccc(NC(=O)NCCc3nc(C)no3)cc21. The first-order valence-corrected chi connectivity index (χ1v) is 7.58. The van der Waals surface area contributed by atoms with E-state index >= 15 is 0 Å². The Labute approximate surface area is 133 Å². The van der Waals surface area contributed by atoms with E-state index in [4.69, 9.17) is 4.52 Å². The number of rotatable bonds is 5. The topological polar surface area (TPSA) is 85.0 Å². The number of aromatic nitrogens is 3. The molecule has 1 aromatic carbocycles. The highest BCUT2D eigenvalue weighted by Gasteiger charge is 2.06. The Morgan fingerprint density at radius 1 is 1.35 bits per heavy atom. The van der Waals surface area contributed by atoms with E-state index in [9.17, 15) is 4.79 Å². The molecule has 0 fully saturated rings. The number of hydrogen-bond donors (Lipinski definition) is 2. The lowest BCUT2D eigenvalue weighted by Gasteiger charge is -2.08. The minimum absolute atomic E-state index is 0.254. The van der Waals surface area contributed by atoms with Crippen molar-refractivity contribution in [2.75, 3.05) is 11.9 Å². The van der Waals surface area contributed by atoms with E-state index in [-0.39, 0.29) is 6.03 Å². The third kappa shape index (κ3) is 3.50. The fraction of sp³-hybridized carbons (Fsp3) is 0.312. The second kappa shape index (κ2) is 6.51. The number of hydrogen-bond acceptors (Lipinski definition) is 4. The first-order valence-electron chi connectivity index (χ1n) is 7.58. The highest BCUT2D eigenvalue weighted by molar-refractivity contribution is 5.92. The second-order valence-corrected chi connectivity index (χ2v) is 5.24. The summed E-state index contributed by atoms with van der Waals surface area (Å²) in [6.07, 6.45) is 2.55. The van der Waals surface area contributed by atoms with Gasteiger partial charge >= 0.3 is 6.03 Å². The molecular weight excluding hydrogens is 294 g/mol. The third-order valence-corrected chi connectivity index (χ3v) is 3.57. The van der Waals surface area contributed by atoms with Gasteiger partial charge in [-0.1, -0.05) is 11.2 Å². The molecule has 0 radical (unpaired) electrons. The van der Waals surface area contributed by atoms with Crippen molar-refractivity contribution >= 4 is 22.6 Å². The van der Waals surface area contributed by atoms with Gasteiger partial charge in [-0.15, -0.1) is 0 Å². The maximum atomic E-state index is 11.9. The van der Waals surface area contributed by atoms with E-state index in [1.54, 1.807) is 6.92 Å². The highest BCUT2D eigenvalue weighted by atomic mass is 16.5. The number of aryl methyl sites for hydroxylation is 2. The van der Waals surface area contributed by atoms with Gasteiger partial charge in [0.1, 0.15) is 0 Å². The number of urea groups is 1. The molecule has 3 aromatic rings. The van der Waals surface area contributed by atoms with Crippen LogP contribution in [0.4, 0.5) is 10.5 Å². The summed E-state index contributed by atoms with van der Waals surface area (Å²) in [4.78, 5) is 16.0. The van der Waals surface area contributed by atoms with Crippen LogP contribution in [0.2, 0.25) is 0 Å². The molecule has 3 rings (SSSR count). The van der Waals surface area contributed by atoms with E-state index in [2.05, 4.69) is 38.3 Å². The van der Waals surface area contributed by atoms with Crippen LogP contribution in [0, 0.1) is 6.92 Å². The highest BCUT2D eigenvalue weighted by Crippen LogP contribution is 2.20. The van der Waals surface area contributed by atoms with Crippen molar-refractivity contribution in [3.8, 4) is 0 Å². The lowest BCUT2D eigenvalue weighted by molar-refractivity contribution is 0.252. The van der Waals surface area contributed by atoms with Crippen molar-refractivity contribution in [1.82, 2.24) is 20.0 Å². The second-order valence-electron chi connectivity index (χ2n) is 5.24.